The Labute approximate surface area is 103 Å². The molecule has 0 unspecified atom stereocenters. The number of aliphatic carboxylic acids is 1. The van der Waals surface area contributed by atoms with Crippen LogP contribution in [0.25, 0.3) is 0 Å². The molecule has 17 heavy (non-hydrogen) atoms. The highest BCUT2D eigenvalue weighted by molar-refractivity contribution is 6.32. The van der Waals surface area contributed by atoms with E-state index < -0.39 is 11.9 Å². The van der Waals surface area contributed by atoms with Crippen molar-refractivity contribution >= 4 is 23.5 Å². The molecule has 6 heteroatoms. The van der Waals surface area contributed by atoms with E-state index in [0.29, 0.717) is 6.42 Å². The Balaban J connectivity index is 2.53. The van der Waals surface area contributed by atoms with E-state index >= 15 is 0 Å². The Bertz CT molecular complexity index is 433. The molecular formula is C11H12ClNO4. The summed E-state index contributed by atoms with van der Waals surface area (Å²) in [5.41, 5.74) is 0.0767. The average Bonchev–Trinajstić information content (AvgIpc) is 2.27. The quantitative estimate of drug-likeness (QED) is 0.700. The van der Waals surface area contributed by atoms with Crippen LogP contribution in [0.3, 0.4) is 0 Å². The molecule has 0 heterocycles. The number of para-hydroxylation sites is 1. The monoisotopic (exact) mass is 257 g/mol. The number of hydrogen-bond acceptors (Lipinski definition) is 3. The average molecular weight is 258 g/mol. The fourth-order valence-electron chi connectivity index (χ4n) is 1.24. The number of benzene rings is 1. The second-order valence-electron chi connectivity index (χ2n) is 3.39. The zero-order chi connectivity index (χ0) is 12.8. The van der Waals surface area contributed by atoms with Gasteiger partial charge in [0.1, 0.15) is 5.75 Å². The van der Waals surface area contributed by atoms with Crippen molar-refractivity contribution in [1.29, 1.82) is 0 Å². The van der Waals surface area contributed by atoms with Gasteiger partial charge in [0.25, 0.3) is 5.91 Å². The lowest BCUT2D eigenvalue weighted by Gasteiger charge is -2.06. The highest BCUT2D eigenvalue weighted by Crippen LogP contribution is 2.26. The molecule has 0 aliphatic rings. The van der Waals surface area contributed by atoms with Crippen molar-refractivity contribution in [2.45, 2.75) is 12.8 Å². The van der Waals surface area contributed by atoms with Crippen LogP contribution in [0.15, 0.2) is 18.2 Å². The number of carbonyl (C=O) groups excluding carboxylic acids is 1. The first kappa shape index (κ1) is 13.3. The van der Waals surface area contributed by atoms with Crippen molar-refractivity contribution in [2.75, 3.05) is 6.54 Å². The Morgan fingerprint density at radius 2 is 2.06 bits per heavy atom. The molecule has 92 valence electrons. The fourth-order valence-corrected chi connectivity index (χ4v) is 1.41. The Morgan fingerprint density at radius 1 is 1.35 bits per heavy atom. The van der Waals surface area contributed by atoms with E-state index in [1.165, 1.54) is 12.1 Å². The molecule has 0 aliphatic carbocycles. The fraction of sp³-hybridized carbons (Fsp3) is 0.273. The largest absolute Gasteiger partial charge is 0.506 e. The van der Waals surface area contributed by atoms with Crippen LogP contribution in [0.2, 0.25) is 5.02 Å². The van der Waals surface area contributed by atoms with E-state index in [1.54, 1.807) is 6.07 Å². The van der Waals surface area contributed by atoms with Gasteiger partial charge in [-0.2, -0.15) is 0 Å². The van der Waals surface area contributed by atoms with Crippen molar-refractivity contribution in [1.82, 2.24) is 5.32 Å². The van der Waals surface area contributed by atoms with Crippen molar-refractivity contribution in [3.05, 3.63) is 28.8 Å². The van der Waals surface area contributed by atoms with Gasteiger partial charge < -0.3 is 15.5 Å². The molecule has 0 atom stereocenters. The maximum Gasteiger partial charge on any atom is 0.303 e. The highest BCUT2D eigenvalue weighted by atomic mass is 35.5. The van der Waals surface area contributed by atoms with Gasteiger partial charge in [0, 0.05) is 13.0 Å². The second kappa shape index (κ2) is 6.10. The molecule has 0 saturated carbocycles. The Hall–Kier alpha value is -1.75. The molecule has 0 fully saturated rings. The molecule has 0 spiro atoms. The smallest absolute Gasteiger partial charge is 0.303 e. The maximum absolute atomic E-state index is 11.6. The van der Waals surface area contributed by atoms with Gasteiger partial charge in [-0.3, -0.25) is 9.59 Å². The summed E-state index contributed by atoms with van der Waals surface area (Å²) < 4.78 is 0. The maximum atomic E-state index is 11.6. The molecule has 1 aromatic rings. The Morgan fingerprint density at radius 3 is 2.71 bits per heavy atom. The van der Waals surface area contributed by atoms with E-state index in [-0.39, 0.29) is 29.3 Å². The number of nitrogens with one attached hydrogen (secondary N) is 1. The van der Waals surface area contributed by atoms with Crippen molar-refractivity contribution in [3.63, 3.8) is 0 Å². The molecule has 3 N–H and O–H groups in total. The number of halogens is 1. The van der Waals surface area contributed by atoms with Gasteiger partial charge in [0.05, 0.1) is 10.6 Å². The zero-order valence-corrected chi connectivity index (χ0v) is 9.70. The molecular weight excluding hydrogens is 246 g/mol. The number of carbonyl (C=O) groups is 2. The van der Waals surface area contributed by atoms with Crippen molar-refractivity contribution < 1.29 is 19.8 Å². The van der Waals surface area contributed by atoms with Crippen LogP contribution in [-0.2, 0) is 4.79 Å². The van der Waals surface area contributed by atoms with Crippen LogP contribution < -0.4 is 5.32 Å². The number of hydrogen-bond donors (Lipinski definition) is 3. The number of aromatic hydroxyl groups is 1. The molecule has 0 aromatic heterocycles. The molecule has 1 rings (SSSR count). The van der Waals surface area contributed by atoms with Crippen molar-refractivity contribution in [2.24, 2.45) is 0 Å². The van der Waals surface area contributed by atoms with Crippen LogP contribution in [0.5, 0.6) is 5.75 Å². The molecule has 0 aliphatic heterocycles. The molecule has 0 saturated heterocycles. The number of rotatable bonds is 5. The molecule has 0 bridgehead atoms. The predicted molar refractivity (Wildman–Crippen MR) is 62.3 cm³/mol. The predicted octanol–water partition coefficient (Wildman–Crippen LogP) is 1.64. The third-order valence-corrected chi connectivity index (χ3v) is 2.39. The third kappa shape index (κ3) is 3.96. The van der Waals surface area contributed by atoms with E-state index in [1.807, 2.05) is 0 Å². The van der Waals surface area contributed by atoms with E-state index in [0.717, 1.165) is 0 Å². The normalized spacial score (nSPS) is 9.94. The molecule has 5 nitrogen and oxygen atoms in total. The minimum atomic E-state index is -0.912. The number of amides is 1. The number of carboxylic acids is 1. The lowest BCUT2D eigenvalue weighted by molar-refractivity contribution is -0.137. The second-order valence-corrected chi connectivity index (χ2v) is 3.80. The number of phenolic OH excluding ortho intramolecular Hbond substituents is 1. The van der Waals surface area contributed by atoms with Crippen LogP contribution in [0.1, 0.15) is 23.2 Å². The van der Waals surface area contributed by atoms with Crippen LogP contribution in [0, 0.1) is 0 Å². The van der Waals surface area contributed by atoms with Crippen LogP contribution in [-0.4, -0.2) is 28.6 Å². The standard InChI is InChI=1S/C11H12ClNO4/c12-8-4-1-3-7(10(8)16)11(17)13-6-2-5-9(14)15/h1,3-4,16H,2,5-6H2,(H,13,17)(H,14,15). The van der Waals surface area contributed by atoms with Gasteiger partial charge in [0.2, 0.25) is 0 Å². The summed E-state index contributed by atoms with van der Waals surface area (Å²) in [4.78, 5) is 21.8. The summed E-state index contributed by atoms with van der Waals surface area (Å²) >= 11 is 5.65. The summed E-state index contributed by atoms with van der Waals surface area (Å²) in [5.74, 6) is -1.66. The summed E-state index contributed by atoms with van der Waals surface area (Å²) in [5, 5.41) is 20.5. The first-order valence-electron chi connectivity index (χ1n) is 5.00. The van der Waals surface area contributed by atoms with Gasteiger partial charge in [-0.1, -0.05) is 17.7 Å². The lowest BCUT2D eigenvalue weighted by Crippen LogP contribution is -2.24. The minimum Gasteiger partial charge on any atom is -0.506 e. The first-order chi connectivity index (χ1) is 8.02. The van der Waals surface area contributed by atoms with Gasteiger partial charge in [0.15, 0.2) is 0 Å². The number of carboxylic acid groups (broad SMARTS) is 1. The number of phenols is 1. The van der Waals surface area contributed by atoms with E-state index in [9.17, 15) is 14.7 Å². The van der Waals surface area contributed by atoms with E-state index in [2.05, 4.69) is 5.32 Å². The summed E-state index contributed by atoms with van der Waals surface area (Å²) in [6.45, 7) is 0.233. The first-order valence-corrected chi connectivity index (χ1v) is 5.37. The van der Waals surface area contributed by atoms with E-state index in [4.69, 9.17) is 16.7 Å². The molecule has 1 aromatic carbocycles. The zero-order valence-electron chi connectivity index (χ0n) is 8.94. The Kier molecular flexibility index (Phi) is 4.78. The van der Waals surface area contributed by atoms with Crippen LogP contribution >= 0.6 is 11.6 Å². The van der Waals surface area contributed by atoms with Gasteiger partial charge in [-0.25, -0.2) is 0 Å². The summed E-state index contributed by atoms with van der Waals surface area (Å²) in [6.07, 6.45) is 0.324. The van der Waals surface area contributed by atoms with Crippen LogP contribution in [0.4, 0.5) is 0 Å². The topological polar surface area (TPSA) is 86.6 Å². The minimum absolute atomic E-state index is 0.0121. The molecule has 0 radical (unpaired) electrons. The summed E-state index contributed by atoms with van der Waals surface area (Å²) in [7, 11) is 0. The van der Waals surface area contributed by atoms with Gasteiger partial charge >= 0.3 is 5.97 Å². The van der Waals surface area contributed by atoms with Gasteiger partial charge in [-0.15, -0.1) is 0 Å². The highest BCUT2D eigenvalue weighted by Gasteiger charge is 2.12. The third-order valence-electron chi connectivity index (χ3n) is 2.08. The SMILES string of the molecule is O=C(O)CCCNC(=O)c1cccc(Cl)c1O. The molecule has 1 amide bonds. The lowest BCUT2D eigenvalue weighted by atomic mass is 10.2. The summed E-state index contributed by atoms with van der Waals surface area (Å²) in [6, 6.07) is 4.46. The van der Waals surface area contributed by atoms with Gasteiger partial charge in [-0.05, 0) is 18.6 Å². The van der Waals surface area contributed by atoms with Crippen molar-refractivity contribution in [3.8, 4) is 5.75 Å².